The summed E-state index contributed by atoms with van der Waals surface area (Å²) in [7, 11) is 0. The van der Waals surface area contributed by atoms with Gasteiger partial charge in [-0.05, 0) is 23.8 Å². The van der Waals surface area contributed by atoms with Crippen molar-refractivity contribution in [3.05, 3.63) is 88.5 Å². The molecule has 27 heavy (non-hydrogen) atoms. The van der Waals surface area contributed by atoms with E-state index in [0.29, 0.717) is 5.15 Å². The van der Waals surface area contributed by atoms with Crippen LogP contribution in [0.4, 0.5) is 0 Å². The number of nitrogens with zero attached hydrogens (tertiary/aromatic N) is 1. The highest BCUT2D eigenvalue weighted by Gasteiger charge is 2.22. The Balaban J connectivity index is 1.98. The molecule has 0 N–H and O–H groups in total. The number of fused-ring (bicyclic) bond motifs is 3. The third-order valence-electron chi connectivity index (χ3n) is 4.63. The van der Waals surface area contributed by atoms with Crippen LogP contribution in [0.15, 0.2) is 87.8 Å². The van der Waals surface area contributed by atoms with E-state index in [4.69, 9.17) is 16.0 Å². The van der Waals surface area contributed by atoms with E-state index in [0.717, 1.165) is 48.8 Å². The zero-order valence-electron chi connectivity index (χ0n) is 14.1. The molecule has 0 atom stereocenters. The maximum Gasteiger partial charge on any atom is 0.148 e. The maximum atomic E-state index is 6.65. The number of rotatable bonds is 2. The van der Waals surface area contributed by atoms with Crippen molar-refractivity contribution in [1.82, 2.24) is 4.98 Å². The Bertz CT molecular complexity index is 1280. The smallest absolute Gasteiger partial charge is 0.148 e. The van der Waals surface area contributed by atoms with Crippen molar-refractivity contribution in [2.24, 2.45) is 0 Å². The van der Waals surface area contributed by atoms with Crippen LogP contribution < -0.4 is 0 Å². The molecular weight excluding hydrogens is 422 g/mol. The van der Waals surface area contributed by atoms with Crippen LogP contribution in [0.5, 0.6) is 0 Å². The van der Waals surface area contributed by atoms with Crippen LogP contribution in [-0.4, -0.2) is 4.98 Å². The van der Waals surface area contributed by atoms with Crippen molar-refractivity contribution >= 4 is 49.4 Å². The monoisotopic (exact) mass is 433 g/mol. The van der Waals surface area contributed by atoms with Crippen molar-refractivity contribution in [1.29, 1.82) is 0 Å². The van der Waals surface area contributed by atoms with Gasteiger partial charge in [0.2, 0.25) is 0 Å². The molecule has 0 fully saturated rings. The molecule has 0 saturated heterocycles. The Hall–Kier alpha value is -2.62. The van der Waals surface area contributed by atoms with E-state index >= 15 is 0 Å². The summed E-state index contributed by atoms with van der Waals surface area (Å²) in [6.45, 7) is 0. The second-order valence-electron chi connectivity index (χ2n) is 6.31. The number of furan rings is 1. The zero-order valence-corrected chi connectivity index (χ0v) is 16.5. The quantitative estimate of drug-likeness (QED) is 0.266. The molecule has 5 rings (SSSR count). The summed E-state index contributed by atoms with van der Waals surface area (Å²) in [4.78, 5) is 4.62. The number of hydrogen-bond acceptors (Lipinski definition) is 2. The molecule has 5 aromatic rings. The average molecular weight is 435 g/mol. The molecule has 0 bridgehead atoms. The second-order valence-corrected chi connectivity index (χ2v) is 7.58. The van der Waals surface area contributed by atoms with Gasteiger partial charge in [-0.25, -0.2) is 4.98 Å². The molecule has 0 amide bonds. The molecule has 2 aromatic heterocycles. The topological polar surface area (TPSA) is 26.0 Å². The van der Waals surface area contributed by atoms with E-state index in [1.165, 1.54) is 0 Å². The van der Waals surface area contributed by atoms with Gasteiger partial charge in [0.15, 0.2) is 0 Å². The molecule has 0 saturated carbocycles. The first-order chi connectivity index (χ1) is 13.2. The lowest BCUT2D eigenvalue weighted by Gasteiger charge is -2.05. The Morgan fingerprint density at radius 1 is 0.815 bits per heavy atom. The minimum absolute atomic E-state index is 0.449. The Morgan fingerprint density at radius 2 is 1.48 bits per heavy atom. The summed E-state index contributed by atoms with van der Waals surface area (Å²) >= 11 is 10.2. The fourth-order valence-corrected chi connectivity index (χ4v) is 4.07. The summed E-state index contributed by atoms with van der Waals surface area (Å²) in [6, 6.07) is 26.2. The van der Waals surface area contributed by atoms with Gasteiger partial charge < -0.3 is 4.42 Å². The minimum atomic E-state index is 0.449. The second kappa shape index (κ2) is 6.52. The van der Waals surface area contributed by atoms with Crippen LogP contribution in [0.1, 0.15) is 0 Å². The van der Waals surface area contributed by atoms with Gasteiger partial charge in [-0.3, -0.25) is 0 Å². The molecule has 3 aromatic carbocycles. The van der Waals surface area contributed by atoms with Crippen LogP contribution in [0.25, 0.3) is 44.3 Å². The van der Waals surface area contributed by atoms with E-state index < -0.39 is 0 Å². The van der Waals surface area contributed by atoms with E-state index in [9.17, 15) is 0 Å². The number of benzene rings is 3. The van der Waals surface area contributed by atoms with Crippen LogP contribution in [0.2, 0.25) is 5.15 Å². The van der Waals surface area contributed by atoms with Crippen molar-refractivity contribution in [2.45, 2.75) is 0 Å². The number of hydrogen-bond donors (Lipinski definition) is 0. The van der Waals surface area contributed by atoms with Gasteiger partial charge >= 0.3 is 0 Å². The first kappa shape index (κ1) is 16.5. The molecule has 0 unspecified atom stereocenters. The number of pyridine rings is 1. The van der Waals surface area contributed by atoms with Gasteiger partial charge in [0.25, 0.3) is 0 Å². The fourth-order valence-electron chi connectivity index (χ4n) is 3.44. The normalized spacial score (nSPS) is 11.3. The van der Waals surface area contributed by atoms with E-state index in [-0.39, 0.29) is 0 Å². The number of halogens is 2. The minimum Gasteiger partial charge on any atom is -0.455 e. The van der Waals surface area contributed by atoms with E-state index in [1.54, 1.807) is 0 Å². The fraction of sp³-hybridized carbons (Fsp3) is 0. The van der Waals surface area contributed by atoms with E-state index in [2.05, 4.69) is 33.0 Å². The molecule has 0 aliphatic rings. The van der Waals surface area contributed by atoms with Crippen molar-refractivity contribution in [2.75, 3.05) is 0 Å². The van der Waals surface area contributed by atoms with Gasteiger partial charge in [-0.2, -0.15) is 0 Å². The zero-order chi connectivity index (χ0) is 18.4. The number of aromatic nitrogens is 1. The average Bonchev–Trinajstić information content (AvgIpc) is 3.12. The summed E-state index contributed by atoms with van der Waals surface area (Å²) in [5, 5.41) is 2.22. The molecule has 0 radical (unpaired) electrons. The Kier molecular flexibility index (Phi) is 4.00. The highest BCUT2D eigenvalue weighted by molar-refractivity contribution is 9.10. The molecule has 0 spiro atoms. The van der Waals surface area contributed by atoms with E-state index in [1.807, 2.05) is 66.7 Å². The molecule has 2 nitrogen and oxygen atoms in total. The van der Waals surface area contributed by atoms with Crippen molar-refractivity contribution in [3.8, 4) is 22.5 Å². The first-order valence-electron chi connectivity index (χ1n) is 8.54. The molecule has 0 aliphatic carbocycles. The van der Waals surface area contributed by atoms with Crippen molar-refractivity contribution < 1.29 is 4.42 Å². The highest BCUT2D eigenvalue weighted by Crippen LogP contribution is 2.45. The standard InChI is InChI=1S/C23H13BrClNO/c24-16-11-12-18-17(13-16)22-20(23(25)26-18)19(14-7-3-1-4-8-14)21(27-22)15-9-5-2-6-10-15/h1-13H. The highest BCUT2D eigenvalue weighted by atomic mass is 79.9. The third-order valence-corrected chi connectivity index (χ3v) is 5.40. The Labute approximate surface area is 169 Å². The van der Waals surface area contributed by atoms with Crippen LogP contribution in [-0.2, 0) is 0 Å². The van der Waals surface area contributed by atoms with Gasteiger partial charge in [0.1, 0.15) is 16.5 Å². The summed E-state index contributed by atoms with van der Waals surface area (Å²) < 4.78 is 7.42. The summed E-state index contributed by atoms with van der Waals surface area (Å²) in [5.74, 6) is 0.799. The summed E-state index contributed by atoms with van der Waals surface area (Å²) in [6.07, 6.45) is 0. The lowest BCUT2D eigenvalue weighted by atomic mass is 9.99. The van der Waals surface area contributed by atoms with Gasteiger partial charge in [0.05, 0.1) is 10.9 Å². The van der Waals surface area contributed by atoms with Crippen molar-refractivity contribution in [3.63, 3.8) is 0 Å². The largest absolute Gasteiger partial charge is 0.455 e. The van der Waals surface area contributed by atoms with Crippen LogP contribution in [0, 0.1) is 0 Å². The molecule has 0 aliphatic heterocycles. The van der Waals surface area contributed by atoms with Crippen LogP contribution >= 0.6 is 27.5 Å². The molecule has 4 heteroatoms. The Morgan fingerprint density at radius 3 is 2.19 bits per heavy atom. The van der Waals surface area contributed by atoms with Gasteiger partial charge in [-0.15, -0.1) is 0 Å². The predicted octanol–water partition coefficient (Wildman–Crippen LogP) is 7.73. The first-order valence-corrected chi connectivity index (χ1v) is 9.71. The summed E-state index contributed by atoms with van der Waals surface area (Å²) in [5.41, 5.74) is 4.59. The maximum absolute atomic E-state index is 6.65. The molecule has 130 valence electrons. The molecular formula is C23H13BrClNO. The van der Waals surface area contributed by atoms with Gasteiger partial charge in [-0.1, -0.05) is 88.2 Å². The molecule has 2 heterocycles. The van der Waals surface area contributed by atoms with Gasteiger partial charge in [0, 0.05) is 21.0 Å². The lowest BCUT2D eigenvalue weighted by molar-refractivity contribution is 0.635. The predicted molar refractivity (Wildman–Crippen MR) is 115 cm³/mol. The lowest BCUT2D eigenvalue weighted by Crippen LogP contribution is -1.85. The third kappa shape index (κ3) is 2.75. The SMILES string of the molecule is Clc1nc2ccc(Br)cc2c2oc(-c3ccccc3)c(-c3ccccc3)c12. The van der Waals surface area contributed by atoms with Crippen LogP contribution in [0.3, 0.4) is 0 Å².